The number of rotatable bonds is 3. The topological polar surface area (TPSA) is 71.4 Å². The van der Waals surface area contributed by atoms with Crippen molar-refractivity contribution in [2.75, 3.05) is 0 Å². The van der Waals surface area contributed by atoms with Gasteiger partial charge in [-0.2, -0.15) is 9.59 Å². The number of carbonyl (C=O) groups excluding carboxylic acids is 2. The van der Waals surface area contributed by atoms with Crippen LogP contribution in [-0.4, -0.2) is 17.2 Å². The van der Waals surface area contributed by atoms with Crippen LogP contribution < -0.4 is 0 Å². The number of aryl methyl sites for hydroxylation is 1. The molecule has 0 saturated carbocycles. The van der Waals surface area contributed by atoms with E-state index in [0.29, 0.717) is 6.42 Å². The van der Waals surface area contributed by atoms with Crippen molar-refractivity contribution in [2.24, 2.45) is 0 Å². The summed E-state index contributed by atoms with van der Waals surface area (Å²) in [7, 11) is 0. The van der Waals surface area contributed by atoms with Gasteiger partial charge >= 0.3 is 12.1 Å². The van der Waals surface area contributed by atoms with Gasteiger partial charge in [0, 0.05) is 6.42 Å². The van der Waals surface area contributed by atoms with E-state index in [1.165, 1.54) is 5.56 Å². The number of hydrogen-bond acceptors (Lipinski definition) is 3. The molecule has 4 heteroatoms. The van der Waals surface area contributed by atoms with Gasteiger partial charge in [0.15, 0.2) is 0 Å². The van der Waals surface area contributed by atoms with Gasteiger partial charge < -0.3 is 5.11 Å². The van der Waals surface area contributed by atoms with Crippen LogP contribution in [-0.2, 0) is 26.2 Å². The number of hydrogen-bond donors (Lipinski definition) is 1. The predicted octanol–water partition coefficient (Wildman–Crippen LogP) is 2.42. The molecular weight excluding hydrogens is 232 g/mol. The molecule has 0 saturated heterocycles. The van der Waals surface area contributed by atoms with E-state index >= 15 is 0 Å². The van der Waals surface area contributed by atoms with Gasteiger partial charge in [0.25, 0.3) is 0 Å². The zero-order valence-electron chi connectivity index (χ0n) is 10.9. The van der Waals surface area contributed by atoms with E-state index in [9.17, 15) is 4.79 Å². The van der Waals surface area contributed by atoms with Crippen molar-refractivity contribution in [3.63, 3.8) is 0 Å². The largest absolute Gasteiger partial charge is 0.481 e. The first-order chi connectivity index (χ1) is 8.31. The van der Waals surface area contributed by atoms with Gasteiger partial charge in [0.2, 0.25) is 0 Å². The Kier molecular flexibility index (Phi) is 6.61. The molecule has 98 valence electrons. The molecule has 0 aliphatic heterocycles. The summed E-state index contributed by atoms with van der Waals surface area (Å²) in [5.74, 6) is -0.740. The van der Waals surface area contributed by atoms with Gasteiger partial charge in [-0.1, -0.05) is 45.0 Å². The Morgan fingerprint density at radius 1 is 1.28 bits per heavy atom. The standard InChI is InChI=1S/C13H18O2.CO2/c1-13(2,3)11-6-4-5-10(9-11)7-8-12(14)15;2-1-3/h4-6,9H,7-8H2,1-3H3,(H,14,15);. The second-order valence-electron chi connectivity index (χ2n) is 4.93. The highest BCUT2D eigenvalue weighted by Crippen LogP contribution is 2.23. The first-order valence-electron chi connectivity index (χ1n) is 5.61. The van der Waals surface area contributed by atoms with E-state index in [1.807, 2.05) is 12.1 Å². The molecule has 1 aromatic rings. The molecule has 4 nitrogen and oxygen atoms in total. The average molecular weight is 250 g/mol. The van der Waals surface area contributed by atoms with Crippen molar-refractivity contribution in [3.8, 4) is 0 Å². The first kappa shape index (κ1) is 16.1. The molecule has 0 aliphatic carbocycles. The number of carboxylic acid groups (broad SMARTS) is 1. The van der Waals surface area contributed by atoms with Crippen molar-refractivity contribution in [2.45, 2.75) is 39.0 Å². The lowest BCUT2D eigenvalue weighted by atomic mass is 9.86. The maximum absolute atomic E-state index is 10.5. The molecule has 0 unspecified atom stereocenters. The van der Waals surface area contributed by atoms with Gasteiger partial charge in [0.05, 0.1) is 0 Å². The van der Waals surface area contributed by atoms with Crippen LogP contribution in [0.25, 0.3) is 0 Å². The summed E-state index contributed by atoms with van der Waals surface area (Å²) in [5.41, 5.74) is 2.48. The molecule has 0 aliphatic rings. The minimum absolute atomic E-state index is 0.124. The third-order valence-corrected chi connectivity index (χ3v) is 2.42. The molecule has 0 heterocycles. The van der Waals surface area contributed by atoms with Crippen LogP contribution >= 0.6 is 0 Å². The second-order valence-corrected chi connectivity index (χ2v) is 4.93. The van der Waals surface area contributed by atoms with Crippen LogP contribution in [0, 0.1) is 0 Å². The fourth-order valence-corrected chi connectivity index (χ4v) is 1.44. The van der Waals surface area contributed by atoms with Crippen molar-refractivity contribution in [1.82, 2.24) is 0 Å². The van der Waals surface area contributed by atoms with Crippen LogP contribution in [0.15, 0.2) is 24.3 Å². The van der Waals surface area contributed by atoms with E-state index < -0.39 is 5.97 Å². The SMILES string of the molecule is CC(C)(C)c1cccc(CCC(=O)O)c1.O=C=O. The molecule has 0 bridgehead atoms. The summed E-state index contributed by atoms with van der Waals surface area (Å²) in [5, 5.41) is 8.60. The Morgan fingerprint density at radius 2 is 1.83 bits per heavy atom. The number of aliphatic carboxylic acids is 1. The lowest BCUT2D eigenvalue weighted by Gasteiger charge is -2.19. The lowest BCUT2D eigenvalue weighted by molar-refractivity contribution is -0.191. The number of carboxylic acids is 1. The molecule has 0 spiro atoms. The Bertz CT molecular complexity index is 424. The van der Waals surface area contributed by atoms with Crippen molar-refractivity contribution >= 4 is 12.1 Å². The third-order valence-electron chi connectivity index (χ3n) is 2.42. The van der Waals surface area contributed by atoms with E-state index in [-0.39, 0.29) is 18.0 Å². The third kappa shape index (κ3) is 6.61. The number of carbonyl (C=O) groups is 1. The molecule has 1 N–H and O–H groups in total. The summed E-state index contributed by atoms with van der Waals surface area (Å²) in [6.07, 6.45) is 1.06. The fourth-order valence-electron chi connectivity index (χ4n) is 1.44. The van der Waals surface area contributed by atoms with E-state index in [2.05, 4.69) is 32.9 Å². The van der Waals surface area contributed by atoms with Gasteiger partial charge in [0.1, 0.15) is 0 Å². The monoisotopic (exact) mass is 250 g/mol. The van der Waals surface area contributed by atoms with Crippen LogP contribution in [0.2, 0.25) is 0 Å². The normalized spacial score (nSPS) is 9.94. The van der Waals surface area contributed by atoms with Gasteiger partial charge in [-0.25, -0.2) is 0 Å². The minimum Gasteiger partial charge on any atom is -0.481 e. The highest BCUT2D eigenvalue weighted by molar-refractivity contribution is 5.67. The highest BCUT2D eigenvalue weighted by atomic mass is 16.4. The summed E-state index contributed by atoms with van der Waals surface area (Å²) >= 11 is 0. The van der Waals surface area contributed by atoms with Crippen LogP contribution in [0.1, 0.15) is 38.3 Å². The van der Waals surface area contributed by atoms with Crippen molar-refractivity contribution in [3.05, 3.63) is 35.4 Å². The molecule has 18 heavy (non-hydrogen) atoms. The molecule has 0 radical (unpaired) electrons. The van der Waals surface area contributed by atoms with Gasteiger partial charge in [-0.05, 0) is 23.0 Å². The second kappa shape index (κ2) is 7.41. The van der Waals surface area contributed by atoms with Crippen molar-refractivity contribution in [1.29, 1.82) is 0 Å². The van der Waals surface area contributed by atoms with Gasteiger partial charge in [-0.3, -0.25) is 4.79 Å². The van der Waals surface area contributed by atoms with E-state index in [4.69, 9.17) is 14.7 Å². The molecule has 0 fully saturated rings. The summed E-state index contributed by atoms with van der Waals surface area (Å²) < 4.78 is 0. The predicted molar refractivity (Wildman–Crippen MR) is 66.1 cm³/mol. The molecular formula is C14H18O4. The Labute approximate surface area is 107 Å². The lowest BCUT2D eigenvalue weighted by Crippen LogP contribution is -2.11. The first-order valence-corrected chi connectivity index (χ1v) is 5.61. The van der Waals surface area contributed by atoms with Crippen LogP contribution in [0.5, 0.6) is 0 Å². The molecule has 0 atom stereocenters. The molecule has 1 rings (SSSR count). The fraction of sp³-hybridized carbons (Fsp3) is 0.429. The van der Waals surface area contributed by atoms with Crippen LogP contribution in [0.4, 0.5) is 0 Å². The Morgan fingerprint density at radius 3 is 2.28 bits per heavy atom. The minimum atomic E-state index is -0.740. The average Bonchev–Trinajstić information content (AvgIpc) is 2.27. The maximum Gasteiger partial charge on any atom is 0.373 e. The highest BCUT2D eigenvalue weighted by Gasteiger charge is 2.13. The van der Waals surface area contributed by atoms with Gasteiger partial charge in [-0.15, -0.1) is 0 Å². The van der Waals surface area contributed by atoms with Crippen LogP contribution in [0.3, 0.4) is 0 Å². The smallest absolute Gasteiger partial charge is 0.373 e. The van der Waals surface area contributed by atoms with E-state index in [0.717, 1.165) is 5.56 Å². The Balaban J connectivity index is 0.000000873. The summed E-state index contributed by atoms with van der Waals surface area (Å²) in [6, 6.07) is 8.17. The molecule has 0 amide bonds. The molecule has 1 aromatic carbocycles. The zero-order valence-corrected chi connectivity index (χ0v) is 10.9. The summed E-state index contributed by atoms with van der Waals surface area (Å²) in [4.78, 5) is 26.7. The quantitative estimate of drug-likeness (QED) is 0.894. The number of benzene rings is 1. The molecule has 0 aromatic heterocycles. The Hall–Kier alpha value is -1.93. The maximum atomic E-state index is 10.5. The summed E-state index contributed by atoms with van der Waals surface area (Å²) in [6.45, 7) is 6.47. The zero-order chi connectivity index (χ0) is 14.2. The van der Waals surface area contributed by atoms with Crippen molar-refractivity contribution < 1.29 is 19.5 Å². The van der Waals surface area contributed by atoms with E-state index in [1.54, 1.807) is 0 Å².